The van der Waals surface area contributed by atoms with E-state index < -0.39 is 0 Å². The minimum atomic E-state index is 1.31. The molecule has 0 spiro atoms. The molecule has 23 rings (SSSR count). The lowest BCUT2D eigenvalue weighted by molar-refractivity contribution is 1.43. The zero-order valence-electron chi connectivity index (χ0n) is 74.8. The first-order valence-electron chi connectivity index (χ1n) is 43.7. The van der Waals surface area contributed by atoms with Crippen molar-refractivity contribution in [1.29, 1.82) is 0 Å². The summed E-state index contributed by atoms with van der Waals surface area (Å²) in [5, 5.41) is 40.5. The predicted octanol–water partition coefficient (Wildman–Crippen LogP) is 35.7. The van der Waals surface area contributed by atoms with Crippen LogP contribution in [0.15, 0.2) is 376 Å². The number of rotatable bonds is 0. The third-order valence-corrected chi connectivity index (χ3v) is 24.7. The van der Waals surface area contributed by atoms with Gasteiger partial charge < -0.3 is 0 Å². The largest absolute Gasteiger partial charge is 0.0616 e. The van der Waals surface area contributed by atoms with E-state index in [0.717, 1.165) is 0 Å². The fraction of sp³-hybridized carbons (Fsp3) is 0.129. The van der Waals surface area contributed by atoms with Gasteiger partial charge in [-0.15, -0.1) is 0 Å². The van der Waals surface area contributed by atoms with Gasteiger partial charge >= 0.3 is 0 Å². The smallest absolute Gasteiger partial charge is 0.00963 e. The van der Waals surface area contributed by atoms with Gasteiger partial charge in [0.05, 0.1) is 0 Å². The monoisotopic (exact) mass is 1600 g/mol. The third-order valence-electron chi connectivity index (χ3n) is 24.7. The summed E-state index contributed by atoms with van der Waals surface area (Å²) in [6, 6.07) is 136. The Bertz CT molecular complexity index is 7660. The quantitative estimate of drug-likeness (QED) is 0.133. The van der Waals surface area contributed by atoms with E-state index in [1.165, 1.54) is 251 Å². The molecule has 23 aromatic rings. The van der Waals surface area contributed by atoms with Crippen molar-refractivity contribution in [2.75, 3.05) is 0 Å². The van der Waals surface area contributed by atoms with Gasteiger partial charge in [-0.05, 0) is 306 Å². The van der Waals surface area contributed by atoms with Crippen LogP contribution >= 0.6 is 0 Å². The van der Waals surface area contributed by atoms with E-state index in [1.54, 1.807) is 0 Å². The Kier molecular flexibility index (Phi) is 24.8. The van der Waals surface area contributed by atoms with Crippen LogP contribution in [0, 0.1) is 111 Å². The van der Waals surface area contributed by atoms with Gasteiger partial charge in [0, 0.05) is 0 Å². The van der Waals surface area contributed by atoms with Gasteiger partial charge in [-0.25, -0.2) is 0 Å². The van der Waals surface area contributed by atoms with Crippen LogP contribution < -0.4 is 0 Å². The number of aryl methyl sites for hydroxylation is 16. The Morgan fingerprint density at radius 2 is 0.298 bits per heavy atom. The second-order valence-electron chi connectivity index (χ2n) is 34.6. The molecule has 0 aliphatic rings. The van der Waals surface area contributed by atoms with E-state index in [-0.39, 0.29) is 0 Å². The van der Waals surface area contributed by atoms with Crippen LogP contribution in [-0.4, -0.2) is 0 Å². The van der Waals surface area contributed by atoms with Gasteiger partial charge in [0.15, 0.2) is 0 Å². The number of hydrogen-bond donors (Lipinski definition) is 0. The van der Waals surface area contributed by atoms with Gasteiger partial charge in [0.1, 0.15) is 0 Å². The molecule has 0 fully saturated rings. The van der Waals surface area contributed by atoms with Crippen molar-refractivity contribution in [3.8, 4) is 0 Å². The van der Waals surface area contributed by atoms with E-state index in [0.29, 0.717) is 0 Å². The molecule has 606 valence electrons. The molecule has 0 unspecified atom stereocenters. The number of benzene rings is 23. The zero-order chi connectivity index (χ0) is 86.4. The van der Waals surface area contributed by atoms with Crippen LogP contribution in [0.4, 0.5) is 0 Å². The summed E-state index contributed by atoms with van der Waals surface area (Å²) >= 11 is 0. The summed E-state index contributed by atoms with van der Waals surface area (Å²) in [6.45, 7) is 34.5. The first kappa shape index (κ1) is 83.6. The molecule has 0 radical (unpaired) electrons. The molecule has 0 heterocycles. The van der Waals surface area contributed by atoms with Crippen molar-refractivity contribution < 1.29 is 0 Å². The molecular formula is C124H110. The van der Waals surface area contributed by atoms with Crippen LogP contribution in [0.1, 0.15) is 89.0 Å². The molecular weight excluding hydrogens is 1490 g/mol. The lowest BCUT2D eigenvalue weighted by Gasteiger charge is -2.11. The van der Waals surface area contributed by atoms with E-state index in [1.807, 2.05) is 0 Å². The minimum absolute atomic E-state index is 1.31. The first-order valence-corrected chi connectivity index (χ1v) is 43.7. The molecule has 0 amide bonds. The first-order chi connectivity index (χ1) is 60.0. The SMILES string of the molecule is Cc1cc(C)c2ccccc2c1.Cc1ccc2c(c1)cc(C)c1ccccc12.Cc1ccc2c(ccc3cc(C)ccc32)c1.Cc1ccc2c3ccc(C)cc3c3ccccc3c2c1.Cc1ccc2cc(C)c3ccccc3c2c1.Cc1ccc2ccc3ccc(C)cc3c2c1.Cc1ccc2cccc(C)c2c1.Cc1cccc2c1ccc1c(C)cccc12. The summed E-state index contributed by atoms with van der Waals surface area (Å²) in [5.41, 5.74) is 21.3. The molecule has 0 aromatic heterocycles. The average molecular weight is 1600 g/mol. The minimum Gasteiger partial charge on any atom is -0.0616 e. The average Bonchev–Trinajstić information content (AvgIpc) is 0.740. The van der Waals surface area contributed by atoms with E-state index in [2.05, 4.69) is 487 Å². The van der Waals surface area contributed by atoms with Crippen LogP contribution in [0.25, 0.3) is 162 Å². The molecule has 0 saturated heterocycles. The zero-order valence-corrected chi connectivity index (χ0v) is 74.8. The predicted molar refractivity (Wildman–Crippen MR) is 550 cm³/mol. The van der Waals surface area contributed by atoms with Gasteiger partial charge in [0.25, 0.3) is 0 Å². The van der Waals surface area contributed by atoms with E-state index >= 15 is 0 Å². The highest BCUT2D eigenvalue weighted by molar-refractivity contribution is 6.25. The number of fused-ring (bicyclic) bond motifs is 23. The lowest BCUT2D eigenvalue weighted by atomic mass is 9.93. The van der Waals surface area contributed by atoms with Crippen molar-refractivity contribution in [2.24, 2.45) is 0 Å². The molecule has 124 heavy (non-hydrogen) atoms. The highest BCUT2D eigenvalue weighted by atomic mass is 14.2. The van der Waals surface area contributed by atoms with Crippen molar-refractivity contribution in [2.45, 2.75) is 111 Å². The highest BCUT2D eigenvalue weighted by Gasteiger charge is 2.12. The fourth-order valence-corrected chi connectivity index (χ4v) is 18.3. The normalized spacial score (nSPS) is 11.1. The Morgan fingerprint density at radius 1 is 0.0887 bits per heavy atom. The van der Waals surface area contributed by atoms with E-state index in [4.69, 9.17) is 0 Å². The van der Waals surface area contributed by atoms with Crippen LogP contribution in [0.2, 0.25) is 0 Å². The second-order valence-corrected chi connectivity index (χ2v) is 34.6. The van der Waals surface area contributed by atoms with Crippen molar-refractivity contribution >= 4 is 162 Å². The van der Waals surface area contributed by atoms with Gasteiger partial charge in [-0.1, -0.05) is 432 Å². The summed E-state index contributed by atoms with van der Waals surface area (Å²) < 4.78 is 0. The maximum Gasteiger partial charge on any atom is -0.00963 e. The Labute approximate surface area is 732 Å². The maximum atomic E-state index is 2.30. The van der Waals surface area contributed by atoms with Crippen molar-refractivity contribution in [1.82, 2.24) is 0 Å². The molecule has 23 aromatic carbocycles. The summed E-state index contributed by atoms with van der Waals surface area (Å²) in [5.74, 6) is 0. The van der Waals surface area contributed by atoms with Crippen LogP contribution in [0.5, 0.6) is 0 Å². The Morgan fingerprint density at radius 3 is 0.750 bits per heavy atom. The summed E-state index contributed by atoms with van der Waals surface area (Å²) in [7, 11) is 0. The number of hydrogen-bond acceptors (Lipinski definition) is 0. The van der Waals surface area contributed by atoms with Gasteiger partial charge in [-0.2, -0.15) is 0 Å². The molecule has 0 aliphatic heterocycles. The molecule has 0 bridgehead atoms. The van der Waals surface area contributed by atoms with Crippen molar-refractivity contribution in [3.63, 3.8) is 0 Å². The molecule has 0 N–H and O–H groups in total. The maximum absolute atomic E-state index is 2.30. The highest BCUT2D eigenvalue weighted by Crippen LogP contribution is 2.38. The lowest BCUT2D eigenvalue weighted by Crippen LogP contribution is -1.85. The molecule has 0 saturated carbocycles. The van der Waals surface area contributed by atoms with E-state index in [9.17, 15) is 0 Å². The summed E-state index contributed by atoms with van der Waals surface area (Å²) in [4.78, 5) is 0. The fourth-order valence-electron chi connectivity index (χ4n) is 18.3. The molecule has 0 nitrogen and oxygen atoms in total. The second kappa shape index (κ2) is 36.7. The standard InChI is InChI=1S/C20H16.5C16H14.2C12H12/c1-13-7-9-17-18-10-8-14(2)12-20(18)16-6-4-3-5-15(16)19(17)11-13;1-11-3-7-15-13(9-11)5-6-14-10-12(2)4-8-16(14)15;1-11-3-5-13-7-8-14-6-4-12(2)10-16(14)15(13)9-11;1-11-5-3-7-15-13(11)9-10-14-12(2)6-4-8-16(14)15;1-11-7-8-15-13(9-11)10-12(2)14-5-3-4-6-16(14)15;1-11-7-8-13-10-12(2)14-5-3-4-6-15(14)16(13)9-11;1-9-6-7-11-5-3-4-10(2)12(11)8-9;1-9-7-10(2)12-6-4-3-5-11(12)8-9/h3-12H,1-2H3;5*3-10H,1-2H3;2*3-8H,1-2H3. The topological polar surface area (TPSA) is 0 Å². The van der Waals surface area contributed by atoms with Gasteiger partial charge in [0.2, 0.25) is 0 Å². The third kappa shape index (κ3) is 18.3. The Hall–Kier alpha value is -14.0. The van der Waals surface area contributed by atoms with Crippen molar-refractivity contribution in [3.05, 3.63) is 465 Å². The Balaban J connectivity index is 0.000000105. The van der Waals surface area contributed by atoms with Gasteiger partial charge in [-0.3, -0.25) is 0 Å². The molecule has 0 heteroatoms. The molecule has 0 atom stereocenters. The van der Waals surface area contributed by atoms with Crippen LogP contribution in [-0.2, 0) is 0 Å². The summed E-state index contributed by atoms with van der Waals surface area (Å²) in [6.07, 6.45) is 0. The van der Waals surface area contributed by atoms with Crippen LogP contribution in [0.3, 0.4) is 0 Å². The molecule has 0 aliphatic carbocycles.